The van der Waals surface area contributed by atoms with Crippen molar-refractivity contribution in [2.24, 2.45) is 4.99 Å². The van der Waals surface area contributed by atoms with Gasteiger partial charge in [0.2, 0.25) is 0 Å². The van der Waals surface area contributed by atoms with E-state index >= 15 is 0 Å². The number of esters is 1. The summed E-state index contributed by atoms with van der Waals surface area (Å²) in [6.07, 6.45) is 9.51. The maximum absolute atomic E-state index is 14.3. The molecule has 214 valence electrons. The number of carbonyl (C=O) groups is 1. The van der Waals surface area contributed by atoms with E-state index in [0.717, 1.165) is 27.6 Å². The number of rotatable bonds is 7. The van der Waals surface area contributed by atoms with E-state index in [9.17, 15) is 9.59 Å². The average molecular weight is 586 g/mol. The highest BCUT2D eigenvalue weighted by Crippen LogP contribution is 2.35. The number of hydrogen-bond acceptors (Lipinski definition) is 5. The second kappa shape index (κ2) is 11.7. The molecule has 1 aliphatic rings. The zero-order valence-corrected chi connectivity index (χ0v) is 25.1. The first-order chi connectivity index (χ1) is 20.9. The SMILES string of the molecule is C#CCn1cc(/C=c2\sc3n(c2=O)C(c2ccc(C(C)C)cc2)C(C(=O)OCC)=C(c2ccccc2)N=3)c2ccccc21. The summed E-state index contributed by atoms with van der Waals surface area (Å²) in [4.78, 5) is 33.4. The smallest absolute Gasteiger partial charge is 0.338 e. The molecule has 43 heavy (non-hydrogen) atoms. The van der Waals surface area contributed by atoms with Gasteiger partial charge < -0.3 is 9.30 Å². The summed E-state index contributed by atoms with van der Waals surface area (Å²) in [7, 11) is 0. The normalized spacial score (nSPS) is 15.0. The number of fused-ring (bicyclic) bond motifs is 2. The molecular weight excluding hydrogens is 554 g/mol. The lowest BCUT2D eigenvalue weighted by Crippen LogP contribution is -2.40. The van der Waals surface area contributed by atoms with Crippen molar-refractivity contribution >= 4 is 40.0 Å². The fraction of sp³-hybridized carbons (Fsp3) is 0.194. The highest BCUT2D eigenvalue weighted by atomic mass is 32.1. The summed E-state index contributed by atoms with van der Waals surface area (Å²) < 4.78 is 9.74. The topological polar surface area (TPSA) is 65.6 Å². The molecule has 1 aliphatic heterocycles. The predicted molar refractivity (Wildman–Crippen MR) is 172 cm³/mol. The maximum Gasteiger partial charge on any atom is 0.338 e. The van der Waals surface area contributed by atoms with Crippen LogP contribution in [0.25, 0.3) is 22.7 Å². The standard InChI is InChI=1S/C36H31N3O3S/c1-5-20-38-22-27(28-14-10-11-15-29(28)38)21-30-34(40)39-33(26-18-16-24(17-19-26)23(3)4)31(35(41)42-6-2)32(37-36(39)43-30)25-12-8-7-9-13-25/h1,7-19,21-23,33H,6,20H2,2-4H3/b30-21-. The Balaban J connectivity index is 1.64. The van der Waals surface area contributed by atoms with Gasteiger partial charge in [0.25, 0.3) is 5.56 Å². The Morgan fingerprint density at radius 1 is 1.07 bits per heavy atom. The van der Waals surface area contributed by atoms with Gasteiger partial charge in [0.15, 0.2) is 4.80 Å². The van der Waals surface area contributed by atoms with Gasteiger partial charge in [-0.1, -0.05) is 104 Å². The molecule has 3 aromatic carbocycles. The van der Waals surface area contributed by atoms with Gasteiger partial charge in [-0.15, -0.1) is 6.42 Å². The molecule has 0 fully saturated rings. The molecule has 7 heteroatoms. The second-order valence-corrected chi connectivity index (χ2v) is 11.7. The van der Waals surface area contributed by atoms with Crippen LogP contribution >= 0.6 is 11.3 Å². The van der Waals surface area contributed by atoms with Crippen LogP contribution in [0.3, 0.4) is 0 Å². The maximum atomic E-state index is 14.3. The Morgan fingerprint density at radius 2 is 1.79 bits per heavy atom. The van der Waals surface area contributed by atoms with Crippen LogP contribution in [0.5, 0.6) is 0 Å². The Morgan fingerprint density at radius 3 is 2.49 bits per heavy atom. The molecule has 6 nitrogen and oxygen atoms in total. The number of carbonyl (C=O) groups excluding carboxylic acids is 1. The van der Waals surface area contributed by atoms with Crippen molar-refractivity contribution in [3.8, 4) is 12.3 Å². The average Bonchev–Trinajstić information content (AvgIpc) is 3.53. The largest absolute Gasteiger partial charge is 0.463 e. The van der Waals surface area contributed by atoms with E-state index in [2.05, 4.69) is 31.9 Å². The minimum absolute atomic E-state index is 0.204. The van der Waals surface area contributed by atoms with Crippen molar-refractivity contribution in [2.45, 2.75) is 39.3 Å². The van der Waals surface area contributed by atoms with Crippen LogP contribution in [-0.4, -0.2) is 21.7 Å². The van der Waals surface area contributed by atoms with E-state index < -0.39 is 12.0 Å². The molecule has 0 spiro atoms. The van der Waals surface area contributed by atoms with E-state index in [1.807, 2.05) is 83.6 Å². The lowest BCUT2D eigenvalue weighted by Gasteiger charge is -2.26. The van der Waals surface area contributed by atoms with Crippen molar-refractivity contribution < 1.29 is 9.53 Å². The highest BCUT2D eigenvalue weighted by molar-refractivity contribution is 7.07. The van der Waals surface area contributed by atoms with E-state index in [4.69, 9.17) is 16.2 Å². The lowest BCUT2D eigenvalue weighted by molar-refractivity contribution is -0.138. The van der Waals surface area contributed by atoms with Crippen LogP contribution in [0, 0.1) is 12.3 Å². The second-order valence-electron chi connectivity index (χ2n) is 10.7. The molecule has 6 rings (SSSR count). The van der Waals surface area contributed by atoms with Crippen LogP contribution in [0.15, 0.2) is 100 Å². The summed E-state index contributed by atoms with van der Waals surface area (Å²) in [6, 6.07) is 25.0. The monoisotopic (exact) mass is 585 g/mol. The number of terminal acetylenes is 1. The van der Waals surface area contributed by atoms with E-state index in [0.29, 0.717) is 33.1 Å². The number of aromatic nitrogens is 2. The zero-order valence-electron chi connectivity index (χ0n) is 24.3. The molecule has 0 aliphatic carbocycles. The zero-order chi connectivity index (χ0) is 30.1. The molecule has 0 saturated carbocycles. The number of nitrogens with zero attached hydrogens (tertiary/aromatic N) is 3. The van der Waals surface area contributed by atoms with Crippen LogP contribution in [0.1, 0.15) is 55.0 Å². The van der Waals surface area contributed by atoms with Crippen molar-refractivity contribution in [1.29, 1.82) is 0 Å². The number of benzene rings is 3. The van der Waals surface area contributed by atoms with Gasteiger partial charge >= 0.3 is 5.97 Å². The molecule has 1 atom stereocenters. The van der Waals surface area contributed by atoms with Gasteiger partial charge in [0.05, 0.1) is 35.0 Å². The molecule has 5 aromatic rings. The summed E-state index contributed by atoms with van der Waals surface area (Å²) >= 11 is 1.31. The van der Waals surface area contributed by atoms with Crippen molar-refractivity contribution in [3.63, 3.8) is 0 Å². The minimum atomic E-state index is -0.711. The first-order valence-electron chi connectivity index (χ1n) is 14.3. The fourth-order valence-electron chi connectivity index (χ4n) is 5.58. The summed E-state index contributed by atoms with van der Waals surface area (Å²) in [6.45, 7) is 6.67. The summed E-state index contributed by atoms with van der Waals surface area (Å²) in [5.41, 5.74) is 5.29. The van der Waals surface area contributed by atoms with Crippen LogP contribution in [0.4, 0.5) is 0 Å². The van der Waals surface area contributed by atoms with Crippen LogP contribution in [0.2, 0.25) is 0 Å². The number of ether oxygens (including phenoxy) is 1. The molecule has 0 radical (unpaired) electrons. The Kier molecular flexibility index (Phi) is 7.71. The van der Waals surface area contributed by atoms with Gasteiger partial charge in [0, 0.05) is 28.2 Å². The Labute approximate surface area is 253 Å². The molecule has 3 heterocycles. The quantitative estimate of drug-likeness (QED) is 0.183. The van der Waals surface area contributed by atoms with Gasteiger partial charge in [0.1, 0.15) is 0 Å². The molecule has 0 bridgehead atoms. The molecular formula is C36H31N3O3S. The van der Waals surface area contributed by atoms with E-state index in [-0.39, 0.29) is 12.2 Å². The summed E-state index contributed by atoms with van der Waals surface area (Å²) in [5.74, 6) is 2.56. The third-order valence-electron chi connectivity index (χ3n) is 7.66. The van der Waals surface area contributed by atoms with Crippen molar-refractivity contribution in [3.05, 3.63) is 133 Å². The van der Waals surface area contributed by atoms with Crippen LogP contribution in [-0.2, 0) is 16.1 Å². The molecule has 1 unspecified atom stereocenters. The Bertz CT molecular complexity index is 2090. The van der Waals surface area contributed by atoms with E-state index in [1.165, 1.54) is 16.9 Å². The van der Waals surface area contributed by atoms with Crippen molar-refractivity contribution in [2.75, 3.05) is 6.61 Å². The number of para-hydroxylation sites is 1. The van der Waals surface area contributed by atoms with Crippen molar-refractivity contribution in [1.82, 2.24) is 9.13 Å². The van der Waals surface area contributed by atoms with Gasteiger partial charge in [-0.25, -0.2) is 9.79 Å². The number of hydrogen-bond donors (Lipinski definition) is 0. The molecule has 0 amide bonds. The molecule has 0 N–H and O–H groups in total. The first kappa shape index (κ1) is 28.2. The van der Waals surface area contributed by atoms with Crippen LogP contribution < -0.4 is 14.9 Å². The van der Waals surface area contributed by atoms with E-state index in [1.54, 1.807) is 11.5 Å². The van der Waals surface area contributed by atoms with Gasteiger partial charge in [-0.05, 0) is 36.1 Å². The van der Waals surface area contributed by atoms with Gasteiger partial charge in [-0.3, -0.25) is 9.36 Å². The Hall–Kier alpha value is -4.93. The first-order valence-corrected chi connectivity index (χ1v) is 15.1. The van der Waals surface area contributed by atoms with Gasteiger partial charge in [-0.2, -0.15) is 0 Å². The molecule has 0 saturated heterocycles. The lowest BCUT2D eigenvalue weighted by atomic mass is 9.91. The number of thiazole rings is 1. The predicted octanol–water partition coefficient (Wildman–Crippen LogP) is 5.65. The molecule has 2 aromatic heterocycles. The third kappa shape index (κ3) is 5.15. The summed E-state index contributed by atoms with van der Waals surface area (Å²) in [5, 5.41) is 1.00. The third-order valence-corrected chi connectivity index (χ3v) is 8.64. The fourth-order valence-corrected chi connectivity index (χ4v) is 6.57. The minimum Gasteiger partial charge on any atom is -0.463 e. The highest BCUT2D eigenvalue weighted by Gasteiger charge is 2.35.